The molecule has 1 N–H and O–H groups in total. The predicted molar refractivity (Wildman–Crippen MR) is 67.9 cm³/mol. The summed E-state index contributed by atoms with van der Waals surface area (Å²) in [6, 6.07) is 1.71. The Kier molecular flexibility index (Phi) is 3.61. The van der Waals surface area contributed by atoms with Gasteiger partial charge >= 0.3 is 5.97 Å². The van der Waals surface area contributed by atoms with Crippen molar-refractivity contribution in [1.82, 2.24) is 24.5 Å². The second-order valence-electron chi connectivity index (χ2n) is 3.99. The van der Waals surface area contributed by atoms with Crippen LogP contribution in [0.4, 0.5) is 0 Å². The van der Waals surface area contributed by atoms with Crippen LogP contribution in [-0.2, 0) is 4.79 Å². The highest BCUT2D eigenvalue weighted by molar-refractivity contribution is 5.93. The van der Waals surface area contributed by atoms with Crippen LogP contribution in [0.15, 0.2) is 12.3 Å². The number of nitrogens with zero attached hydrogens (tertiary/aromatic N) is 5. The number of aliphatic carboxylic acids is 1. The molecule has 0 aliphatic rings. The minimum atomic E-state index is -1.16. The van der Waals surface area contributed by atoms with Crippen molar-refractivity contribution in [2.24, 2.45) is 0 Å². The highest BCUT2D eigenvalue weighted by Gasteiger charge is 2.22. The number of aromatic nitrogens is 4. The zero-order valence-corrected chi connectivity index (χ0v) is 10.6. The topological polar surface area (TPSA) is 101 Å². The molecule has 0 saturated carbocycles. The van der Waals surface area contributed by atoms with Crippen LogP contribution >= 0.6 is 0 Å². The zero-order chi connectivity index (χ0) is 14.7. The highest BCUT2D eigenvalue weighted by atomic mass is 16.4. The number of terminal acetylenes is 1. The van der Waals surface area contributed by atoms with E-state index in [-0.39, 0.29) is 18.1 Å². The maximum Gasteiger partial charge on any atom is 0.323 e. The number of carboxylic acids is 1. The van der Waals surface area contributed by atoms with Crippen molar-refractivity contribution in [2.45, 2.75) is 6.92 Å². The molecule has 0 aliphatic carbocycles. The summed E-state index contributed by atoms with van der Waals surface area (Å²) in [7, 11) is 0. The van der Waals surface area contributed by atoms with Crippen LogP contribution in [0.1, 0.15) is 16.3 Å². The SMILES string of the molecule is C#CCN(CC(=O)O)C(=O)c1nc2nccc(C)n2n1. The van der Waals surface area contributed by atoms with Gasteiger partial charge in [-0.05, 0) is 13.0 Å². The first kappa shape index (κ1) is 13.5. The lowest BCUT2D eigenvalue weighted by atomic mass is 10.4. The van der Waals surface area contributed by atoms with Crippen LogP contribution < -0.4 is 0 Å². The second kappa shape index (κ2) is 5.36. The molecule has 0 spiro atoms. The summed E-state index contributed by atoms with van der Waals surface area (Å²) >= 11 is 0. The minimum Gasteiger partial charge on any atom is -0.480 e. The van der Waals surface area contributed by atoms with Gasteiger partial charge in [0.15, 0.2) is 0 Å². The quantitative estimate of drug-likeness (QED) is 0.760. The molecule has 0 radical (unpaired) electrons. The second-order valence-corrected chi connectivity index (χ2v) is 3.99. The molecule has 2 heterocycles. The van der Waals surface area contributed by atoms with Crippen molar-refractivity contribution in [3.63, 3.8) is 0 Å². The van der Waals surface area contributed by atoms with E-state index in [2.05, 4.69) is 21.0 Å². The van der Waals surface area contributed by atoms with Crippen LogP contribution in [0, 0.1) is 19.3 Å². The average molecular weight is 273 g/mol. The van der Waals surface area contributed by atoms with E-state index < -0.39 is 18.4 Å². The first-order valence-electron chi connectivity index (χ1n) is 5.66. The Hall–Kier alpha value is -2.95. The van der Waals surface area contributed by atoms with Gasteiger partial charge in [-0.2, -0.15) is 4.98 Å². The predicted octanol–water partition coefficient (Wildman–Crippen LogP) is -0.407. The van der Waals surface area contributed by atoms with Crippen LogP contribution in [0.2, 0.25) is 0 Å². The van der Waals surface area contributed by atoms with E-state index in [1.807, 2.05) is 0 Å². The third-order valence-corrected chi connectivity index (χ3v) is 2.52. The Balaban J connectivity index is 2.36. The summed E-state index contributed by atoms with van der Waals surface area (Å²) in [6.45, 7) is 1.15. The average Bonchev–Trinajstić information content (AvgIpc) is 2.82. The molecule has 0 aromatic carbocycles. The molecular formula is C12H11N5O3. The number of carbonyl (C=O) groups excluding carboxylic acids is 1. The first-order valence-corrected chi connectivity index (χ1v) is 5.66. The number of rotatable bonds is 4. The summed E-state index contributed by atoms with van der Waals surface area (Å²) < 4.78 is 1.40. The summed E-state index contributed by atoms with van der Waals surface area (Å²) in [4.78, 5) is 31.8. The molecule has 0 saturated heterocycles. The van der Waals surface area contributed by atoms with Crippen LogP contribution in [0.5, 0.6) is 0 Å². The fourth-order valence-corrected chi connectivity index (χ4v) is 1.61. The molecule has 0 fully saturated rings. The molecule has 2 aromatic rings. The van der Waals surface area contributed by atoms with Crippen LogP contribution in [0.3, 0.4) is 0 Å². The summed E-state index contributed by atoms with van der Waals surface area (Å²) in [5, 5.41) is 12.8. The lowest BCUT2D eigenvalue weighted by Gasteiger charge is -2.15. The number of carbonyl (C=O) groups is 2. The van der Waals surface area contributed by atoms with Gasteiger partial charge in [0.1, 0.15) is 6.54 Å². The van der Waals surface area contributed by atoms with Gasteiger partial charge in [0.05, 0.1) is 6.54 Å². The molecule has 8 nitrogen and oxygen atoms in total. The van der Waals surface area contributed by atoms with Crippen molar-refractivity contribution >= 4 is 17.7 Å². The van der Waals surface area contributed by atoms with E-state index in [1.54, 1.807) is 19.2 Å². The van der Waals surface area contributed by atoms with Gasteiger partial charge in [-0.1, -0.05) is 5.92 Å². The Labute approximate surface area is 114 Å². The number of aryl methyl sites for hydroxylation is 1. The van der Waals surface area contributed by atoms with E-state index >= 15 is 0 Å². The van der Waals surface area contributed by atoms with Gasteiger partial charge in [-0.15, -0.1) is 11.5 Å². The Morgan fingerprint density at radius 3 is 2.90 bits per heavy atom. The first-order chi connectivity index (χ1) is 9.52. The summed E-state index contributed by atoms with van der Waals surface area (Å²) in [5.41, 5.74) is 0.753. The van der Waals surface area contributed by atoms with Crippen molar-refractivity contribution in [3.8, 4) is 12.3 Å². The molecule has 20 heavy (non-hydrogen) atoms. The lowest BCUT2D eigenvalue weighted by molar-refractivity contribution is -0.137. The van der Waals surface area contributed by atoms with Crippen molar-refractivity contribution in [2.75, 3.05) is 13.1 Å². The number of fused-ring (bicyclic) bond motifs is 1. The van der Waals surface area contributed by atoms with Gasteiger partial charge < -0.3 is 10.0 Å². The van der Waals surface area contributed by atoms with E-state index in [1.165, 1.54) is 4.52 Å². The third-order valence-electron chi connectivity index (χ3n) is 2.52. The molecule has 0 aliphatic heterocycles. The normalized spacial score (nSPS) is 10.2. The number of hydrogen-bond acceptors (Lipinski definition) is 5. The van der Waals surface area contributed by atoms with Gasteiger partial charge in [0.25, 0.3) is 11.7 Å². The Bertz CT molecular complexity index is 715. The molecular weight excluding hydrogens is 262 g/mol. The van der Waals surface area contributed by atoms with E-state index in [9.17, 15) is 9.59 Å². The molecule has 2 rings (SSSR count). The van der Waals surface area contributed by atoms with E-state index in [0.717, 1.165) is 10.6 Å². The standard InChI is InChI=1S/C12H11N5O3/c1-3-6-16(7-9(18)19)11(20)10-14-12-13-5-4-8(2)17(12)15-10/h1,4-5H,6-7H2,2H3,(H,18,19). The highest BCUT2D eigenvalue weighted by Crippen LogP contribution is 2.04. The van der Waals surface area contributed by atoms with Crippen LogP contribution in [-0.4, -0.2) is 54.6 Å². The molecule has 0 bridgehead atoms. The number of carboxylic acid groups (broad SMARTS) is 1. The maximum atomic E-state index is 12.2. The van der Waals surface area contributed by atoms with Crippen LogP contribution in [0.25, 0.3) is 5.78 Å². The smallest absolute Gasteiger partial charge is 0.323 e. The van der Waals surface area contributed by atoms with Crippen molar-refractivity contribution in [3.05, 3.63) is 23.8 Å². The monoisotopic (exact) mass is 273 g/mol. The van der Waals surface area contributed by atoms with Gasteiger partial charge in [0.2, 0.25) is 5.82 Å². The van der Waals surface area contributed by atoms with Crippen molar-refractivity contribution < 1.29 is 14.7 Å². The molecule has 102 valence electrons. The fraction of sp³-hybridized carbons (Fsp3) is 0.250. The summed E-state index contributed by atoms with van der Waals surface area (Å²) in [6.07, 6.45) is 6.67. The third kappa shape index (κ3) is 2.56. The minimum absolute atomic E-state index is 0.132. The largest absolute Gasteiger partial charge is 0.480 e. The van der Waals surface area contributed by atoms with E-state index in [4.69, 9.17) is 11.5 Å². The van der Waals surface area contributed by atoms with Gasteiger partial charge in [-0.25, -0.2) is 9.50 Å². The number of hydrogen-bond donors (Lipinski definition) is 1. The molecule has 8 heteroatoms. The summed E-state index contributed by atoms with van der Waals surface area (Å²) in [5.74, 6) is 0.561. The molecule has 1 amide bonds. The molecule has 0 unspecified atom stereocenters. The van der Waals surface area contributed by atoms with Gasteiger partial charge in [0, 0.05) is 11.9 Å². The number of amides is 1. The van der Waals surface area contributed by atoms with E-state index in [0.29, 0.717) is 0 Å². The molecule has 2 aromatic heterocycles. The molecule has 0 atom stereocenters. The fourth-order valence-electron chi connectivity index (χ4n) is 1.61. The Morgan fingerprint density at radius 1 is 1.55 bits per heavy atom. The maximum absolute atomic E-state index is 12.2. The van der Waals surface area contributed by atoms with Crippen molar-refractivity contribution in [1.29, 1.82) is 0 Å². The van der Waals surface area contributed by atoms with Gasteiger partial charge in [-0.3, -0.25) is 9.59 Å². The Morgan fingerprint density at radius 2 is 2.30 bits per heavy atom. The lowest BCUT2D eigenvalue weighted by Crippen LogP contribution is -2.36. The zero-order valence-electron chi connectivity index (χ0n) is 10.6.